The summed E-state index contributed by atoms with van der Waals surface area (Å²) in [7, 11) is 1.97. The van der Waals surface area contributed by atoms with Gasteiger partial charge >= 0.3 is 0 Å². The van der Waals surface area contributed by atoms with Gasteiger partial charge in [-0.3, -0.25) is 9.69 Å². The van der Waals surface area contributed by atoms with Crippen molar-refractivity contribution in [1.82, 2.24) is 14.5 Å². The van der Waals surface area contributed by atoms with Crippen LogP contribution in [0.1, 0.15) is 56.6 Å². The van der Waals surface area contributed by atoms with Gasteiger partial charge in [0.05, 0.1) is 17.7 Å². The molecule has 5 nitrogen and oxygen atoms in total. The van der Waals surface area contributed by atoms with Crippen molar-refractivity contribution in [1.29, 1.82) is 0 Å². The van der Waals surface area contributed by atoms with Crippen LogP contribution in [0.3, 0.4) is 0 Å². The van der Waals surface area contributed by atoms with Crippen LogP contribution >= 0.6 is 0 Å². The number of benzene rings is 1. The van der Waals surface area contributed by atoms with Crippen LogP contribution in [-0.2, 0) is 18.3 Å². The molecule has 0 saturated carbocycles. The molecule has 1 atom stereocenters. The molecule has 2 heterocycles. The predicted molar refractivity (Wildman–Crippen MR) is 101 cm³/mol. The van der Waals surface area contributed by atoms with Crippen molar-refractivity contribution >= 4 is 11.6 Å². The number of carbonyl (C=O) groups excluding carboxylic acids is 1. The molecule has 1 aromatic carbocycles. The lowest BCUT2D eigenvalue weighted by Gasteiger charge is -2.37. The topological polar surface area (TPSA) is 50.2 Å². The summed E-state index contributed by atoms with van der Waals surface area (Å²) in [5.74, 6) is 0.493. The summed E-state index contributed by atoms with van der Waals surface area (Å²) in [5.41, 5.74) is 4.16. The molecule has 1 aromatic heterocycles. The van der Waals surface area contributed by atoms with Crippen LogP contribution in [0.5, 0.6) is 0 Å². The molecule has 5 heteroatoms. The maximum absolute atomic E-state index is 13.1. The average Bonchev–Trinajstić information content (AvgIpc) is 2.95. The van der Waals surface area contributed by atoms with Crippen LogP contribution in [0.25, 0.3) is 0 Å². The molecule has 1 amide bonds. The highest BCUT2D eigenvalue weighted by atomic mass is 16.2. The number of carbonyl (C=O) groups is 1. The molecule has 1 N–H and O–H groups in total. The van der Waals surface area contributed by atoms with E-state index in [2.05, 4.69) is 55.0 Å². The van der Waals surface area contributed by atoms with Gasteiger partial charge in [-0.15, -0.1) is 0 Å². The fourth-order valence-electron chi connectivity index (χ4n) is 3.55. The van der Waals surface area contributed by atoms with Crippen LogP contribution in [0, 0.1) is 0 Å². The van der Waals surface area contributed by atoms with Gasteiger partial charge in [-0.25, -0.2) is 4.98 Å². The second kappa shape index (κ2) is 7.00. The summed E-state index contributed by atoms with van der Waals surface area (Å²) in [5, 5.41) is 3.10. The molecular formula is C20H28N4O. The number of imidazole rings is 1. The fraction of sp³-hybridized carbons (Fsp3) is 0.500. The molecule has 0 fully saturated rings. The van der Waals surface area contributed by atoms with Crippen molar-refractivity contribution in [2.45, 2.75) is 52.1 Å². The van der Waals surface area contributed by atoms with Crippen LogP contribution in [0.2, 0.25) is 0 Å². The SMILES string of the molecule is CC(C)c1ccc(NC(=O)[C@@H]2c3c(ncn3C)CCN2C(C)C)cc1. The Bertz CT molecular complexity index is 746. The maximum Gasteiger partial charge on any atom is 0.247 e. The van der Waals surface area contributed by atoms with Gasteiger partial charge in [0.1, 0.15) is 6.04 Å². The van der Waals surface area contributed by atoms with E-state index in [0.29, 0.717) is 12.0 Å². The quantitative estimate of drug-likeness (QED) is 0.927. The van der Waals surface area contributed by atoms with Crippen LogP contribution in [0.15, 0.2) is 30.6 Å². The summed E-state index contributed by atoms with van der Waals surface area (Å²) in [6, 6.07) is 8.12. The smallest absolute Gasteiger partial charge is 0.247 e. The highest BCUT2D eigenvalue weighted by Gasteiger charge is 2.37. The van der Waals surface area contributed by atoms with Crippen molar-refractivity contribution in [3.8, 4) is 0 Å². The highest BCUT2D eigenvalue weighted by molar-refractivity contribution is 5.95. The van der Waals surface area contributed by atoms with E-state index in [0.717, 1.165) is 30.0 Å². The summed E-state index contributed by atoms with van der Waals surface area (Å²) in [4.78, 5) is 19.8. The first kappa shape index (κ1) is 17.7. The minimum atomic E-state index is -0.305. The molecular weight excluding hydrogens is 312 g/mol. The Labute approximate surface area is 150 Å². The van der Waals surface area contributed by atoms with Gasteiger partial charge in [0.25, 0.3) is 0 Å². The standard InChI is InChI=1S/C20H28N4O/c1-13(2)15-6-8-16(9-7-15)22-20(25)19-18-17(21-12-23(18)5)10-11-24(19)14(3)4/h6-9,12-14,19H,10-11H2,1-5H3,(H,22,25)/t19-/m0/s1. The number of amides is 1. The van der Waals surface area contributed by atoms with Gasteiger partial charge in [-0.2, -0.15) is 0 Å². The number of rotatable bonds is 4. The molecule has 25 heavy (non-hydrogen) atoms. The number of hydrogen-bond acceptors (Lipinski definition) is 3. The van der Waals surface area contributed by atoms with E-state index in [1.807, 2.05) is 30.1 Å². The largest absolute Gasteiger partial charge is 0.336 e. The summed E-state index contributed by atoms with van der Waals surface area (Å²) in [6.07, 6.45) is 2.70. The predicted octanol–water partition coefficient (Wildman–Crippen LogP) is 3.49. The van der Waals surface area contributed by atoms with Crippen molar-refractivity contribution < 1.29 is 4.79 Å². The molecule has 1 aliphatic rings. The Morgan fingerprint density at radius 3 is 2.48 bits per heavy atom. The Balaban J connectivity index is 1.87. The molecule has 3 rings (SSSR count). The van der Waals surface area contributed by atoms with E-state index in [4.69, 9.17) is 0 Å². The zero-order valence-corrected chi connectivity index (χ0v) is 15.8. The van der Waals surface area contributed by atoms with E-state index >= 15 is 0 Å². The van der Waals surface area contributed by atoms with Gasteiger partial charge in [-0.05, 0) is 37.5 Å². The molecule has 0 aliphatic carbocycles. The number of aromatic nitrogens is 2. The third-order valence-electron chi connectivity index (χ3n) is 5.02. The molecule has 0 radical (unpaired) electrons. The minimum Gasteiger partial charge on any atom is -0.336 e. The van der Waals surface area contributed by atoms with E-state index in [9.17, 15) is 4.79 Å². The Morgan fingerprint density at radius 1 is 1.20 bits per heavy atom. The first-order chi connectivity index (χ1) is 11.9. The summed E-state index contributed by atoms with van der Waals surface area (Å²) in [6.45, 7) is 9.46. The van der Waals surface area contributed by atoms with Crippen molar-refractivity contribution in [2.75, 3.05) is 11.9 Å². The maximum atomic E-state index is 13.1. The lowest BCUT2D eigenvalue weighted by Crippen LogP contribution is -2.46. The summed E-state index contributed by atoms with van der Waals surface area (Å²) >= 11 is 0. The average molecular weight is 340 g/mol. The molecule has 1 aliphatic heterocycles. The lowest BCUT2D eigenvalue weighted by molar-refractivity contribution is -0.123. The van der Waals surface area contributed by atoms with Gasteiger partial charge in [0.2, 0.25) is 5.91 Å². The number of hydrogen-bond donors (Lipinski definition) is 1. The number of nitrogens with one attached hydrogen (secondary N) is 1. The zero-order chi connectivity index (χ0) is 18.1. The third kappa shape index (κ3) is 3.47. The first-order valence-electron chi connectivity index (χ1n) is 9.05. The van der Waals surface area contributed by atoms with E-state index in [1.54, 1.807) is 0 Å². The Hall–Kier alpha value is -2.14. The van der Waals surface area contributed by atoms with Crippen molar-refractivity contribution in [2.24, 2.45) is 7.05 Å². The van der Waals surface area contributed by atoms with Gasteiger partial charge in [0.15, 0.2) is 0 Å². The molecule has 0 saturated heterocycles. The van der Waals surface area contributed by atoms with Gasteiger partial charge in [-0.1, -0.05) is 26.0 Å². The third-order valence-corrected chi connectivity index (χ3v) is 5.02. The van der Waals surface area contributed by atoms with E-state index < -0.39 is 0 Å². The molecule has 2 aromatic rings. The lowest BCUT2D eigenvalue weighted by atomic mass is 9.99. The first-order valence-corrected chi connectivity index (χ1v) is 9.05. The number of nitrogens with zero attached hydrogens (tertiary/aromatic N) is 3. The van der Waals surface area contributed by atoms with Gasteiger partial charge < -0.3 is 9.88 Å². The normalized spacial score (nSPS) is 17.8. The van der Waals surface area contributed by atoms with Crippen LogP contribution in [-0.4, -0.2) is 32.9 Å². The molecule has 134 valence electrons. The minimum absolute atomic E-state index is 0.00977. The number of fused-ring (bicyclic) bond motifs is 1. The second-order valence-corrected chi connectivity index (χ2v) is 7.44. The van der Waals surface area contributed by atoms with Crippen molar-refractivity contribution in [3.05, 3.63) is 47.5 Å². The number of aryl methyl sites for hydroxylation is 1. The number of anilines is 1. The van der Waals surface area contributed by atoms with E-state index in [1.165, 1.54) is 5.56 Å². The fourth-order valence-corrected chi connectivity index (χ4v) is 3.55. The zero-order valence-electron chi connectivity index (χ0n) is 15.8. The molecule has 0 spiro atoms. The second-order valence-electron chi connectivity index (χ2n) is 7.44. The summed E-state index contributed by atoms with van der Waals surface area (Å²) < 4.78 is 1.98. The van der Waals surface area contributed by atoms with Crippen molar-refractivity contribution in [3.63, 3.8) is 0 Å². The van der Waals surface area contributed by atoms with E-state index in [-0.39, 0.29) is 11.9 Å². The molecule has 0 bridgehead atoms. The monoisotopic (exact) mass is 340 g/mol. The van der Waals surface area contributed by atoms with Gasteiger partial charge in [0, 0.05) is 31.7 Å². The Morgan fingerprint density at radius 2 is 1.88 bits per heavy atom. The Kier molecular flexibility index (Phi) is 4.95. The highest BCUT2D eigenvalue weighted by Crippen LogP contribution is 2.31. The molecule has 0 unspecified atom stereocenters. The van der Waals surface area contributed by atoms with Crippen LogP contribution in [0.4, 0.5) is 5.69 Å². The van der Waals surface area contributed by atoms with Crippen LogP contribution < -0.4 is 5.32 Å².